The van der Waals surface area contributed by atoms with Gasteiger partial charge in [-0.3, -0.25) is 14.9 Å². The van der Waals surface area contributed by atoms with Crippen LogP contribution in [0.5, 0.6) is 0 Å². The first kappa shape index (κ1) is 19.3. The molecule has 2 aliphatic heterocycles. The topological polar surface area (TPSA) is 74.2 Å². The molecule has 0 radical (unpaired) electrons. The molecule has 7 nitrogen and oxygen atoms in total. The van der Waals surface area contributed by atoms with Crippen molar-refractivity contribution in [3.05, 3.63) is 35.6 Å². The number of hydrogen-bond acceptors (Lipinski definition) is 6. The highest BCUT2D eigenvalue weighted by atomic mass is 19.1. The second kappa shape index (κ2) is 8.47. The minimum absolute atomic E-state index is 0.175. The van der Waals surface area contributed by atoms with E-state index in [0.717, 1.165) is 32.7 Å². The molecule has 2 heterocycles. The summed E-state index contributed by atoms with van der Waals surface area (Å²) >= 11 is 0. The number of nitrogens with one attached hydrogen (secondary N) is 1. The number of benzene rings is 1. The van der Waals surface area contributed by atoms with Crippen molar-refractivity contribution in [3.63, 3.8) is 0 Å². The first-order valence-corrected chi connectivity index (χ1v) is 9.31. The summed E-state index contributed by atoms with van der Waals surface area (Å²) in [5.41, 5.74) is 0.606. The molecule has 1 amide bonds. The zero-order chi connectivity index (χ0) is 19.4. The van der Waals surface area contributed by atoms with Crippen molar-refractivity contribution in [2.75, 3.05) is 39.3 Å². The van der Waals surface area contributed by atoms with Gasteiger partial charge in [-0.2, -0.15) is 0 Å². The summed E-state index contributed by atoms with van der Waals surface area (Å²) in [5.74, 6) is -2.07. The van der Waals surface area contributed by atoms with Crippen LogP contribution in [-0.2, 0) is 14.3 Å². The third-order valence-electron chi connectivity index (χ3n) is 4.97. The van der Waals surface area contributed by atoms with Gasteiger partial charge >= 0.3 is 5.97 Å². The fraction of sp³-hybridized carbons (Fsp3) is 0.526. The van der Waals surface area contributed by atoms with Crippen LogP contribution in [0, 0.1) is 11.7 Å². The smallest absolute Gasteiger partial charge is 0.321 e. The van der Waals surface area contributed by atoms with Gasteiger partial charge in [0, 0.05) is 26.2 Å². The van der Waals surface area contributed by atoms with Crippen LogP contribution in [0.3, 0.4) is 0 Å². The number of piperazine rings is 1. The molecule has 0 aromatic heterocycles. The average Bonchev–Trinajstić information content (AvgIpc) is 2.68. The molecule has 1 fully saturated rings. The Balaban J connectivity index is 1.90. The molecule has 0 bridgehead atoms. The van der Waals surface area contributed by atoms with E-state index in [4.69, 9.17) is 4.74 Å². The normalized spacial score (nSPS) is 23.6. The maximum atomic E-state index is 13.3. The van der Waals surface area contributed by atoms with E-state index in [1.807, 2.05) is 4.90 Å². The average molecular weight is 376 g/mol. The lowest BCUT2D eigenvalue weighted by molar-refractivity contribution is -0.153. The number of halogens is 1. The van der Waals surface area contributed by atoms with Crippen LogP contribution < -0.4 is 5.32 Å². The number of likely N-dealkylation sites (N-methyl/N-ethyl adjacent to an activating group) is 1. The number of carbonyl (C=O) groups excluding carboxylic acids is 2. The highest BCUT2D eigenvalue weighted by Gasteiger charge is 2.42. The number of esters is 1. The summed E-state index contributed by atoms with van der Waals surface area (Å²) in [6, 6.07) is 4.98. The van der Waals surface area contributed by atoms with Gasteiger partial charge in [0.05, 0.1) is 6.61 Å². The number of carbonyl (C=O) groups is 2. The number of ether oxygens (including phenoxy) is 1. The van der Waals surface area contributed by atoms with Crippen molar-refractivity contribution >= 4 is 17.8 Å². The van der Waals surface area contributed by atoms with Crippen molar-refractivity contribution in [3.8, 4) is 0 Å². The molecule has 27 heavy (non-hydrogen) atoms. The van der Waals surface area contributed by atoms with E-state index in [9.17, 15) is 14.0 Å². The van der Waals surface area contributed by atoms with Crippen LogP contribution >= 0.6 is 0 Å². The SMILES string of the molecule is CCOC(=O)[C@H]1C(=O)NC(N2CCN(CC)CC2)=N[C@@H]1c1ccc(F)cc1. The van der Waals surface area contributed by atoms with Gasteiger partial charge in [0.1, 0.15) is 11.9 Å². The fourth-order valence-corrected chi connectivity index (χ4v) is 3.40. The lowest BCUT2D eigenvalue weighted by Gasteiger charge is -2.38. The number of rotatable bonds is 4. The van der Waals surface area contributed by atoms with Crippen molar-refractivity contribution in [2.45, 2.75) is 19.9 Å². The largest absolute Gasteiger partial charge is 0.465 e. The van der Waals surface area contributed by atoms with Crippen LogP contribution in [0.15, 0.2) is 29.3 Å². The first-order valence-electron chi connectivity index (χ1n) is 9.31. The Kier molecular flexibility index (Phi) is 6.05. The summed E-state index contributed by atoms with van der Waals surface area (Å²) < 4.78 is 18.4. The second-order valence-electron chi connectivity index (χ2n) is 6.59. The van der Waals surface area contributed by atoms with Gasteiger partial charge in [0.15, 0.2) is 5.92 Å². The minimum atomic E-state index is -1.09. The van der Waals surface area contributed by atoms with E-state index < -0.39 is 23.8 Å². The Bertz CT molecular complexity index is 714. The van der Waals surface area contributed by atoms with Gasteiger partial charge in [-0.1, -0.05) is 19.1 Å². The van der Waals surface area contributed by atoms with Crippen LogP contribution in [0.25, 0.3) is 0 Å². The van der Waals surface area contributed by atoms with Gasteiger partial charge in [-0.25, -0.2) is 9.38 Å². The molecule has 8 heteroatoms. The Hall–Kier alpha value is -2.48. The summed E-state index contributed by atoms with van der Waals surface area (Å²) in [5, 5.41) is 2.76. The highest BCUT2D eigenvalue weighted by Crippen LogP contribution is 2.31. The summed E-state index contributed by atoms with van der Waals surface area (Å²) in [4.78, 5) is 34.1. The standard InChI is InChI=1S/C19H25FN4O3/c1-3-23-9-11-24(12-10-23)19-21-16(13-5-7-14(20)8-6-13)15(17(25)22-19)18(26)27-4-2/h5-8,15-16H,3-4,9-12H2,1-2H3,(H,21,22,25)/t15-,16-/m1/s1. The maximum absolute atomic E-state index is 13.3. The third-order valence-corrected chi connectivity index (χ3v) is 4.97. The Labute approximate surface area is 158 Å². The van der Waals surface area contributed by atoms with Crippen LogP contribution in [-0.4, -0.2) is 67.0 Å². The molecule has 2 atom stereocenters. The Morgan fingerprint density at radius 2 is 1.89 bits per heavy atom. The highest BCUT2D eigenvalue weighted by molar-refractivity contribution is 6.08. The van der Waals surface area contributed by atoms with E-state index in [-0.39, 0.29) is 12.4 Å². The van der Waals surface area contributed by atoms with Gasteiger partial charge in [-0.05, 0) is 31.2 Å². The van der Waals surface area contributed by atoms with Crippen LogP contribution in [0.2, 0.25) is 0 Å². The molecule has 1 N–H and O–H groups in total. The molecule has 146 valence electrons. The van der Waals surface area contributed by atoms with E-state index >= 15 is 0 Å². The van der Waals surface area contributed by atoms with E-state index in [1.54, 1.807) is 19.1 Å². The third kappa shape index (κ3) is 4.27. The lowest BCUT2D eigenvalue weighted by Crippen LogP contribution is -2.57. The fourth-order valence-electron chi connectivity index (χ4n) is 3.40. The van der Waals surface area contributed by atoms with Crippen molar-refractivity contribution in [2.24, 2.45) is 10.9 Å². The zero-order valence-electron chi connectivity index (χ0n) is 15.7. The predicted octanol–water partition coefficient (Wildman–Crippen LogP) is 1.17. The first-order chi connectivity index (χ1) is 13.0. The quantitative estimate of drug-likeness (QED) is 0.631. The molecule has 1 saturated heterocycles. The van der Waals surface area contributed by atoms with Crippen molar-refractivity contribution in [1.29, 1.82) is 0 Å². The molecule has 3 rings (SSSR count). The Morgan fingerprint density at radius 1 is 1.22 bits per heavy atom. The molecule has 0 spiro atoms. The number of nitrogens with zero attached hydrogens (tertiary/aromatic N) is 3. The summed E-state index contributed by atoms with van der Waals surface area (Å²) in [7, 11) is 0. The predicted molar refractivity (Wildman–Crippen MR) is 98.5 cm³/mol. The lowest BCUT2D eigenvalue weighted by atomic mass is 9.91. The zero-order valence-corrected chi connectivity index (χ0v) is 15.7. The molecular formula is C19H25FN4O3. The van der Waals surface area contributed by atoms with Gasteiger partial charge in [-0.15, -0.1) is 0 Å². The van der Waals surface area contributed by atoms with Gasteiger partial charge in [0.25, 0.3) is 0 Å². The molecule has 0 unspecified atom stereocenters. The second-order valence-corrected chi connectivity index (χ2v) is 6.59. The molecule has 1 aromatic carbocycles. The molecule has 1 aromatic rings. The maximum Gasteiger partial charge on any atom is 0.321 e. The van der Waals surface area contributed by atoms with Crippen molar-refractivity contribution < 1.29 is 18.7 Å². The number of guanidine groups is 1. The number of hydrogen-bond donors (Lipinski definition) is 1. The van der Waals surface area contributed by atoms with Gasteiger partial charge < -0.3 is 14.5 Å². The monoisotopic (exact) mass is 376 g/mol. The summed E-state index contributed by atoms with van der Waals surface area (Å²) in [6.45, 7) is 8.21. The van der Waals surface area contributed by atoms with Gasteiger partial charge in [0.2, 0.25) is 11.9 Å². The molecule has 2 aliphatic rings. The molecule has 0 aliphatic carbocycles. The van der Waals surface area contributed by atoms with E-state index in [0.29, 0.717) is 11.5 Å². The van der Waals surface area contributed by atoms with E-state index in [2.05, 4.69) is 22.1 Å². The number of amides is 1. The molecule has 0 saturated carbocycles. The van der Waals surface area contributed by atoms with Crippen molar-refractivity contribution in [1.82, 2.24) is 15.1 Å². The summed E-state index contributed by atoms with van der Waals surface area (Å²) in [6.07, 6.45) is 0. The molecular weight excluding hydrogens is 351 g/mol. The Morgan fingerprint density at radius 3 is 2.48 bits per heavy atom. The minimum Gasteiger partial charge on any atom is -0.465 e. The van der Waals surface area contributed by atoms with E-state index in [1.165, 1.54) is 12.1 Å². The van der Waals surface area contributed by atoms with Crippen LogP contribution in [0.4, 0.5) is 4.39 Å². The van der Waals surface area contributed by atoms with Crippen LogP contribution in [0.1, 0.15) is 25.5 Å². The number of aliphatic imine (C=N–C) groups is 1.